The van der Waals surface area contributed by atoms with E-state index in [-0.39, 0.29) is 0 Å². The summed E-state index contributed by atoms with van der Waals surface area (Å²) in [5.41, 5.74) is 7.51. The van der Waals surface area contributed by atoms with Gasteiger partial charge in [-0.2, -0.15) is 5.10 Å². The van der Waals surface area contributed by atoms with Gasteiger partial charge in [-0.1, -0.05) is 59.9 Å². The molecule has 1 N–H and O–H groups in total. The molecule has 0 saturated carbocycles. The third kappa shape index (κ3) is 4.36. The van der Waals surface area contributed by atoms with E-state index in [4.69, 9.17) is 4.74 Å². The lowest BCUT2D eigenvalue weighted by atomic mass is 10.2. The number of aromatic nitrogens is 2. The highest BCUT2D eigenvalue weighted by Gasteiger charge is 2.07. The first-order chi connectivity index (χ1) is 15.8. The molecule has 0 aliphatic carbocycles. The van der Waals surface area contributed by atoms with Crippen molar-refractivity contribution < 1.29 is 4.74 Å². The van der Waals surface area contributed by atoms with Crippen molar-refractivity contribution >= 4 is 43.8 Å². The lowest BCUT2D eigenvalue weighted by Crippen LogP contribution is -2.04. The number of anilines is 1. The highest BCUT2D eigenvalue weighted by molar-refractivity contribution is 7.22. The van der Waals surface area contributed by atoms with Crippen LogP contribution < -0.4 is 10.2 Å². The second-order valence-electron chi connectivity index (χ2n) is 7.62. The Morgan fingerprint density at radius 2 is 1.84 bits per heavy atom. The number of aryl methyl sites for hydroxylation is 2. The maximum atomic E-state index is 5.96. The number of thiazole rings is 1. The Kier molecular flexibility index (Phi) is 5.85. The zero-order chi connectivity index (χ0) is 21.8. The minimum Gasteiger partial charge on any atom is -0.493 e. The molecule has 5 nitrogen and oxygen atoms in total. The summed E-state index contributed by atoms with van der Waals surface area (Å²) >= 11 is 1.60. The second kappa shape index (κ2) is 9.24. The molecule has 0 atom stereocenters. The zero-order valence-electron chi connectivity index (χ0n) is 17.9. The summed E-state index contributed by atoms with van der Waals surface area (Å²) in [6, 6.07) is 24.6. The van der Waals surface area contributed by atoms with Gasteiger partial charge in [-0.05, 0) is 43.2 Å². The lowest BCUT2D eigenvalue weighted by Gasteiger charge is -2.09. The minimum absolute atomic E-state index is 0.681. The minimum atomic E-state index is 0.681. The fraction of sp³-hybridized carbons (Fsp3) is 0.154. The van der Waals surface area contributed by atoms with Crippen LogP contribution in [0.4, 0.5) is 5.13 Å². The van der Waals surface area contributed by atoms with E-state index in [1.807, 2.05) is 42.6 Å². The number of nitrogens with one attached hydrogen (secondary N) is 1. The number of fused-ring (bicyclic) bond motifs is 2. The molecular formula is C26H24N4OS. The summed E-state index contributed by atoms with van der Waals surface area (Å²) in [6.07, 6.45) is 4.95. The quantitative estimate of drug-likeness (QED) is 0.171. The van der Waals surface area contributed by atoms with Crippen LogP contribution in [0, 0.1) is 6.92 Å². The molecule has 0 bridgehead atoms. The summed E-state index contributed by atoms with van der Waals surface area (Å²) < 4.78 is 9.38. The lowest BCUT2D eigenvalue weighted by molar-refractivity contribution is 0.301. The van der Waals surface area contributed by atoms with E-state index < -0.39 is 0 Å². The Labute approximate surface area is 191 Å². The maximum absolute atomic E-state index is 5.96. The molecule has 6 heteroatoms. The molecule has 0 unspecified atom stereocenters. The van der Waals surface area contributed by atoms with Gasteiger partial charge in [0.2, 0.25) is 5.13 Å². The fourth-order valence-electron chi connectivity index (χ4n) is 3.78. The van der Waals surface area contributed by atoms with E-state index in [1.54, 1.807) is 11.3 Å². The standard InChI is InChI=1S/C26H24N4OS/c1-19-9-2-6-13-24(19)31-16-8-15-30-18-20(21-10-3-5-12-23(21)30)17-27-29-26-28-22-11-4-7-14-25(22)32-26/h2-7,9-14,17-18H,8,15-16H2,1H3,(H,28,29)/b27-17+. The van der Waals surface area contributed by atoms with E-state index in [9.17, 15) is 0 Å². The molecule has 3 aromatic carbocycles. The highest BCUT2D eigenvalue weighted by Crippen LogP contribution is 2.25. The van der Waals surface area contributed by atoms with Gasteiger partial charge in [0.15, 0.2) is 0 Å². The van der Waals surface area contributed by atoms with Gasteiger partial charge in [0.1, 0.15) is 5.75 Å². The number of hydrogen-bond donors (Lipinski definition) is 1. The summed E-state index contributed by atoms with van der Waals surface area (Å²) in [4.78, 5) is 4.57. The third-order valence-corrected chi connectivity index (χ3v) is 6.31. The molecule has 2 aromatic heterocycles. The van der Waals surface area contributed by atoms with Gasteiger partial charge in [-0.3, -0.25) is 5.43 Å². The maximum Gasteiger partial charge on any atom is 0.204 e. The number of para-hydroxylation sites is 3. The summed E-state index contributed by atoms with van der Waals surface area (Å²) in [7, 11) is 0. The Bertz CT molecular complexity index is 1350. The SMILES string of the molecule is Cc1ccccc1OCCCn1cc(/C=N/Nc2nc3ccccc3s2)c2ccccc21. The molecule has 0 radical (unpaired) electrons. The zero-order valence-corrected chi connectivity index (χ0v) is 18.7. The molecule has 0 fully saturated rings. The first-order valence-electron chi connectivity index (χ1n) is 10.7. The van der Waals surface area contributed by atoms with E-state index >= 15 is 0 Å². The summed E-state index contributed by atoms with van der Waals surface area (Å²) in [6.45, 7) is 3.63. The number of hydrogen-bond acceptors (Lipinski definition) is 5. The van der Waals surface area contributed by atoms with Crippen LogP contribution in [-0.2, 0) is 6.54 Å². The molecule has 5 aromatic rings. The first kappa shape index (κ1) is 20.3. The Hall–Kier alpha value is -3.64. The molecule has 2 heterocycles. The van der Waals surface area contributed by atoms with Crippen LogP contribution in [0.1, 0.15) is 17.5 Å². The Balaban J connectivity index is 1.26. The molecule has 0 aliphatic heterocycles. The van der Waals surface area contributed by atoms with Crippen LogP contribution in [0.2, 0.25) is 0 Å². The van der Waals surface area contributed by atoms with Crippen LogP contribution in [0.5, 0.6) is 5.75 Å². The molecule has 0 amide bonds. The van der Waals surface area contributed by atoms with E-state index in [0.29, 0.717) is 6.61 Å². The van der Waals surface area contributed by atoms with Gasteiger partial charge in [0.05, 0.1) is 23.0 Å². The van der Waals surface area contributed by atoms with Gasteiger partial charge in [-0.25, -0.2) is 4.98 Å². The fourth-order valence-corrected chi connectivity index (χ4v) is 4.59. The molecule has 0 spiro atoms. The molecule has 0 aliphatic rings. The largest absolute Gasteiger partial charge is 0.493 e. The van der Waals surface area contributed by atoms with Crippen molar-refractivity contribution in [1.82, 2.24) is 9.55 Å². The van der Waals surface area contributed by atoms with Crippen LogP contribution in [0.15, 0.2) is 84.1 Å². The highest BCUT2D eigenvalue weighted by atomic mass is 32.1. The van der Waals surface area contributed by atoms with E-state index in [1.165, 1.54) is 10.9 Å². The average Bonchev–Trinajstić information content (AvgIpc) is 3.39. The number of rotatable bonds is 8. The van der Waals surface area contributed by atoms with Crippen LogP contribution in [0.3, 0.4) is 0 Å². The second-order valence-corrected chi connectivity index (χ2v) is 8.65. The normalized spacial score (nSPS) is 11.5. The van der Waals surface area contributed by atoms with Gasteiger partial charge >= 0.3 is 0 Å². The number of nitrogens with zero attached hydrogens (tertiary/aromatic N) is 3. The average molecular weight is 441 g/mol. The molecule has 0 saturated heterocycles. The van der Waals surface area contributed by atoms with Gasteiger partial charge in [-0.15, -0.1) is 0 Å². The van der Waals surface area contributed by atoms with Crippen molar-refractivity contribution in [2.24, 2.45) is 5.10 Å². The van der Waals surface area contributed by atoms with Gasteiger partial charge < -0.3 is 9.30 Å². The van der Waals surface area contributed by atoms with Gasteiger partial charge in [0.25, 0.3) is 0 Å². The molecule has 32 heavy (non-hydrogen) atoms. The monoisotopic (exact) mass is 440 g/mol. The van der Waals surface area contributed by atoms with Crippen molar-refractivity contribution in [2.45, 2.75) is 19.9 Å². The van der Waals surface area contributed by atoms with Crippen LogP contribution >= 0.6 is 11.3 Å². The predicted octanol–water partition coefficient (Wildman–Crippen LogP) is 6.47. The molecular weight excluding hydrogens is 416 g/mol. The van der Waals surface area contributed by atoms with Crippen molar-refractivity contribution in [1.29, 1.82) is 0 Å². The van der Waals surface area contributed by atoms with Crippen LogP contribution in [0.25, 0.3) is 21.1 Å². The topological polar surface area (TPSA) is 51.4 Å². The van der Waals surface area contributed by atoms with Crippen molar-refractivity contribution in [3.63, 3.8) is 0 Å². The van der Waals surface area contributed by atoms with Crippen LogP contribution in [-0.4, -0.2) is 22.4 Å². The number of hydrazone groups is 1. The molecule has 5 rings (SSSR count). The Morgan fingerprint density at radius 3 is 2.75 bits per heavy atom. The molecule has 160 valence electrons. The number of benzene rings is 3. The van der Waals surface area contributed by atoms with Gasteiger partial charge in [0, 0.05) is 29.2 Å². The van der Waals surface area contributed by atoms with E-state index in [0.717, 1.165) is 45.2 Å². The Morgan fingerprint density at radius 1 is 1.03 bits per heavy atom. The summed E-state index contributed by atoms with van der Waals surface area (Å²) in [5.74, 6) is 0.957. The first-order valence-corrected chi connectivity index (χ1v) is 11.5. The van der Waals surface area contributed by atoms with Crippen molar-refractivity contribution in [3.8, 4) is 5.75 Å². The number of ether oxygens (including phenoxy) is 1. The smallest absolute Gasteiger partial charge is 0.204 e. The summed E-state index contributed by atoms with van der Waals surface area (Å²) in [5, 5.41) is 6.43. The van der Waals surface area contributed by atoms with Crippen molar-refractivity contribution in [2.75, 3.05) is 12.0 Å². The van der Waals surface area contributed by atoms with Crippen molar-refractivity contribution in [3.05, 3.63) is 90.1 Å². The predicted molar refractivity (Wildman–Crippen MR) is 134 cm³/mol. The third-order valence-electron chi connectivity index (χ3n) is 5.37. The van der Waals surface area contributed by atoms with E-state index in [2.05, 4.69) is 69.6 Å².